The van der Waals surface area contributed by atoms with Gasteiger partial charge in [0.05, 0.1) is 5.75 Å². The van der Waals surface area contributed by atoms with Gasteiger partial charge in [0.25, 0.3) is 10.1 Å². The molecule has 0 atom stereocenters. The quantitative estimate of drug-likeness (QED) is 0.132. The van der Waals surface area contributed by atoms with Crippen LogP contribution in [0.3, 0.4) is 0 Å². The summed E-state index contributed by atoms with van der Waals surface area (Å²) in [6, 6.07) is 0. The molecule has 0 aliphatic heterocycles. The van der Waals surface area contributed by atoms with Crippen molar-refractivity contribution in [3.63, 3.8) is 0 Å². The third-order valence-electron chi connectivity index (χ3n) is 3.53. The van der Waals surface area contributed by atoms with Crippen molar-refractivity contribution in [1.82, 2.24) is 0 Å². The summed E-state index contributed by atoms with van der Waals surface area (Å²) >= 11 is 1.04. The smallest absolute Gasteiger partial charge is 0.265 e. The normalized spacial score (nSPS) is 13.4. The van der Waals surface area contributed by atoms with Gasteiger partial charge in [-0.25, -0.2) is 5.26 Å². The van der Waals surface area contributed by atoms with E-state index in [1.807, 2.05) is 0 Å². The monoisotopic (exact) mass is 404 g/mol. The molecule has 0 unspecified atom stereocenters. The zero-order chi connectivity index (χ0) is 19.4. The van der Waals surface area contributed by atoms with Crippen LogP contribution in [-0.2, 0) is 29.0 Å². The van der Waals surface area contributed by atoms with Crippen LogP contribution in [0.4, 0.5) is 0 Å². The van der Waals surface area contributed by atoms with E-state index < -0.39 is 15.5 Å². The van der Waals surface area contributed by atoms with Gasteiger partial charge in [0.1, 0.15) is 0 Å². The van der Waals surface area contributed by atoms with E-state index in [1.165, 1.54) is 0 Å². The highest BCUT2D eigenvalue weighted by molar-refractivity contribution is 7.94. The van der Waals surface area contributed by atoms with Crippen molar-refractivity contribution in [2.24, 2.45) is 10.8 Å². The fraction of sp³-hybridized carbons (Fsp3) is 1.00. The first kappa shape index (κ1) is 25.1. The van der Waals surface area contributed by atoms with Crippen LogP contribution >= 0.6 is 12.0 Å². The molecule has 0 aliphatic carbocycles. The minimum atomic E-state index is -3.96. The fourth-order valence-corrected chi connectivity index (χ4v) is 3.69. The molecule has 152 valence electrons. The molecule has 0 spiro atoms. The van der Waals surface area contributed by atoms with Gasteiger partial charge in [-0.1, -0.05) is 32.7 Å². The summed E-state index contributed by atoms with van der Waals surface area (Å²) in [6.07, 6.45) is 2.16. The van der Waals surface area contributed by atoms with Gasteiger partial charge >= 0.3 is 0 Å². The molecule has 0 aliphatic rings. The Morgan fingerprint density at radius 3 is 1.92 bits per heavy atom. The third-order valence-corrected chi connectivity index (χ3v) is 5.73. The molecular formula is C15H32O8S2. The Balaban J connectivity index is 3.58. The van der Waals surface area contributed by atoms with Crippen LogP contribution in [0.15, 0.2) is 0 Å². The SMILES string of the molecule is CC(C)(CCOCCCOCCC(C)(C)CS(=O)(=O)O)CSOOO. The van der Waals surface area contributed by atoms with Crippen LogP contribution in [-0.4, -0.2) is 56.2 Å². The predicted octanol–water partition coefficient (Wildman–Crippen LogP) is 3.20. The van der Waals surface area contributed by atoms with Gasteiger partial charge in [0.15, 0.2) is 0 Å². The number of hydrogen-bond donors (Lipinski definition) is 2. The second-order valence-electron chi connectivity index (χ2n) is 7.54. The van der Waals surface area contributed by atoms with Gasteiger partial charge in [0, 0.05) is 44.2 Å². The first-order chi connectivity index (χ1) is 11.5. The molecule has 0 aromatic carbocycles. The highest BCUT2D eigenvalue weighted by Crippen LogP contribution is 2.26. The minimum absolute atomic E-state index is 0.00166. The predicted molar refractivity (Wildman–Crippen MR) is 96.7 cm³/mol. The van der Waals surface area contributed by atoms with Crippen molar-refractivity contribution < 1.29 is 37.1 Å². The molecule has 0 saturated carbocycles. The van der Waals surface area contributed by atoms with Crippen LogP contribution in [0.2, 0.25) is 0 Å². The van der Waals surface area contributed by atoms with E-state index in [4.69, 9.17) is 19.3 Å². The topological polar surface area (TPSA) is 112 Å². The minimum Gasteiger partial charge on any atom is -0.381 e. The first-order valence-electron chi connectivity index (χ1n) is 8.18. The summed E-state index contributed by atoms with van der Waals surface area (Å²) in [5, 5.41) is 11.6. The molecule has 0 aromatic heterocycles. The first-order valence-corrected chi connectivity index (χ1v) is 10.7. The van der Waals surface area contributed by atoms with E-state index in [0.29, 0.717) is 38.6 Å². The van der Waals surface area contributed by atoms with Gasteiger partial charge in [-0.05, 0) is 30.1 Å². The lowest BCUT2D eigenvalue weighted by Gasteiger charge is -2.23. The summed E-state index contributed by atoms with van der Waals surface area (Å²) < 4.78 is 46.1. The second kappa shape index (κ2) is 12.4. The molecule has 0 radical (unpaired) electrons. The molecule has 2 N–H and O–H groups in total. The number of hydrogen-bond acceptors (Lipinski definition) is 8. The molecular weight excluding hydrogens is 372 g/mol. The van der Waals surface area contributed by atoms with Crippen molar-refractivity contribution in [3.05, 3.63) is 0 Å². The average molecular weight is 405 g/mol. The average Bonchev–Trinajstić information content (AvgIpc) is 2.43. The fourth-order valence-electron chi connectivity index (χ4n) is 2.01. The van der Waals surface area contributed by atoms with Crippen molar-refractivity contribution in [1.29, 1.82) is 0 Å². The van der Waals surface area contributed by atoms with E-state index in [9.17, 15) is 8.42 Å². The lowest BCUT2D eigenvalue weighted by Crippen LogP contribution is -2.25. The summed E-state index contributed by atoms with van der Waals surface area (Å²) in [7, 11) is -3.96. The molecule has 0 bridgehead atoms. The highest BCUT2D eigenvalue weighted by Gasteiger charge is 2.24. The maximum atomic E-state index is 10.9. The number of ether oxygens (including phenoxy) is 2. The Bertz CT molecular complexity index is 437. The van der Waals surface area contributed by atoms with E-state index >= 15 is 0 Å². The van der Waals surface area contributed by atoms with Crippen molar-refractivity contribution in [2.75, 3.05) is 37.9 Å². The van der Waals surface area contributed by atoms with E-state index in [2.05, 4.69) is 23.2 Å². The van der Waals surface area contributed by atoms with E-state index in [1.54, 1.807) is 13.8 Å². The summed E-state index contributed by atoms with van der Waals surface area (Å²) in [5.74, 6) is 0.398. The van der Waals surface area contributed by atoms with Gasteiger partial charge in [-0.2, -0.15) is 8.42 Å². The Labute approximate surface area is 155 Å². The number of rotatable bonds is 16. The van der Waals surface area contributed by atoms with Crippen molar-refractivity contribution in [3.8, 4) is 0 Å². The van der Waals surface area contributed by atoms with E-state index in [0.717, 1.165) is 24.9 Å². The summed E-state index contributed by atoms with van der Waals surface area (Å²) in [6.45, 7) is 9.91. The third kappa shape index (κ3) is 17.2. The zero-order valence-corrected chi connectivity index (χ0v) is 17.2. The highest BCUT2D eigenvalue weighted by atomic mass is 32.2. The molecule has 8 nitrogen and oxygen atoms in total. The Morgan fingerprint density at radius 1 is 0.920 bits per heavy atom. The van der Waals surface area contributed by atoms with Crippen LogP contribution < -0.4 is 0 Å². The lowest BCUT2D eigenvalue weighted by molar-refractivity contribution is -0.432. The summed E-state index contributed by atoms with van der Waals surface area (Å²) in [4.78, 5) is 0. The maximum absolute atomic E-state index is 10.9. The largest absolute Gasteiger partial charge is 0.381 e. The molecule has 0 heterocycles. The standard InChI is InChI=1S/C15H32O8S2/c1-14(2,12-24-23-22-16)6-10-20-8-5-9-21-11-7-15(3,4)13-25(17,18)19/h16H,5-13H2,1-4H3,(H,17,18,19). The van der Waals surface area contributed by atoms with Crippen LogP contribution in [0, 0.1) is 10.8 Å². The molecule has 0 saturated heterocycles. The molecule has 0 fully saturated rings. The summed E-state index contributed by atoms with van der Waals surface area (Å²) in [5.41, 5.74) is -0.517. The van der Waals surface area contributed by atoms with Crippen LogP contribution in [0.5, 0.6) is 0 Å². The van der Waals surface area contributed by atoms with Gasteiger partial charge < -0.3 is 9.47 Å². The van der Waals surface area contributed by atoms with Gasteiger partial charge in [-0.15, -0.1) is 4.33 Å². The Morgan fingerprint density at radius 2 is 1.44 bits per heavy atom. The second-order valence-corrected chi connectivity index (χ2v) is 9.65. The zero-order valence-electron chi connectivity index (χ0n) is 15.5. The van der Waals surface area contributed by atoms with Crippen molar-refractivity contribution in [2.45, 2.75) is 47.0 Å². The molecule has 25 heavy (non-hydrogen) atoms. The van der Waals surface area contributed by atoms with Gasteiger partial charge in [-0.3, -0.25) is 4.55 Å². The lowest BCUT2D eigenvalue weighted by atomic mass is 9.92. The van der Waals surface area contributed by atoms with Crippen LogP contribution in [0.25, 0.3) is 0 Å². The van der Waals surface area contributed by atoms with Crippen molar-refractivity contribution >= 4 is 22.2 Å². The molecule has 0 rings (SSSR count). The Kier molecular flexibility index (Phi) is 12.5. The van der Waals surface area contributed by atoms with Crippen LogP contribution in [0.1, 0.15) is 47.0 Å². The van der Waals surface area contributed by atoms with E-state index in [-0.39, 0.29) is 11.2 Å². The Hall–Kier alpha value is 0.0600. The van der Waals surface area contributed by atoms with Gasteiger partial charge in [0.2, 0.25) is 0 Å². The maximum Gasteiger partial charge on any atom is 0.265 e. The molecule has 0 amide bonds. The molecule has 0 aromatic rings. The molecule has 10 heteroatoms.